The van der Waals surface area contributed by atoms with E-state index in [9.17, 15) is 8.78 Å². The summed E-state index contributed by atoms with van der Waals surface area (Å²) in [7, 11) is 0. The van der Waals surface area contributed by atoms with Gasteiger partial charge in [0, 0.05) is 10.0 Å². The van der Waals surface area contributed by atoms with Crippen molar-refractivity contribution in [3.05, 3.63) is 64.1 Å². The minimum absolute atomic E-state index is 0.245. The van der Waals surface area contributed by atoms with Crippen molar-refractivity contribution in [3.63, 3.8) is 0 Å². The maximum Gasteiger partial charge on any atom is 0.196 e. The number of aliphatic imine (C=N–C) groups is 1. The van der Waals surface area contributed by atoms with Crippen LogP contribution >= 0.6 is 15.9 Å². The topological polar surface area (TPSA) is 41.6 Å². The Morgan fingerprint density at radius 3 is 2.71 bits per heavy atom. The third-order valence-corrected chi connectivity index (χ3v) is 4.08. The molecule has 0 fully saturated rings. The van der Waals surface area contributed by atoms with Gasteiger partial charge in [0.1, 0.15) is 11.6 Å². The summed E-state index contributed by atoms with van der Waals surface area (Å²) in [6.07, 6.45) is 0. The number of halogens is 3. The molecule has 6 heteroatoms. The fourth-order valence-corrected chi connectivity index (χ4v) is 2.92. The first kappa shape index (κ1) is 14.0. The van der Waals surface area contributed by atoms with Crippen molar-refractivity contribution < 1.29 is 8.78 Å². The van der Waals surface area contributed by atoms with Gasteiger partial charge in [-0.05, 0) is 46.3 Å². The predicted molar refractivity (Wildman–Crippen MR) is 82.2 cm³/mol. The molecular formula is C15H12BrF2N3. The van der Waals surface area contributed by atoms with Crippen LogP contribution in [0.3, 0.4) is 0 Å². The van der Waals surface area contributed by atoms with Crippen LogP contribution in [0.25, 0.3) is 0 Å². The summed E-state index contributed by atoms with van der Waals surface area (Å²) in [6.45, 7) is 0.285. The number of anilines is 1. The molecule has 0 saturated heterocycles. The smallest absolute Gasteiger partial charge is 0.196 e. The standard InChI is InChI=1S/C15H12BrF2N3/c16-11-3-1-2-4-13(11)21-14(8-20-15(21)19)10-7-9(17)5-6-12(10)18/h1-7,14H,8H2,(H2,19,20). The average molecular weight is 352 g/mol. The van der Waals surface area contributed by atoms with E-state index in [2.05, 4.69) is 20.9 Å². The fraction of sp³-hybridized carbons (Fsp3) is 0.133. The third kappa shape index (κ3) is 2.51. The zero-order chi connectivity index (χ0) is 15.0. The van der Waals surface area contributed by atoms with Crippen LogP contribution in [-0.2, 0) is 0 Å². The molecule has 1 aliphatic rings. The Hall–Kier alpha value is -1.95. The van der Waals surface area contributed by atoms with Gasteiger partial charge >= 0.3 is 0 Å². The highest BCUT2D eigenvalue weighted by molar-refractivity contribution is 9.10. The minimum Gasteiger partial charge on any atom is -0.369 e. The number of nitrogens with zero attached hydrogens (tertiary/aromatic N) is 2. The van der Waals surface area contributed by atoms with Gasteiger partial charge < -0.3 is 10.6 Å². The summed E-state index contributed by atoms with van der Waals surface area (Å²) >= 11 is 3.45. The fourth-order valence-electron chi connectivity index (χ4n) is 2.44. The van der Waals surface area contributed by atoms with Gasteiger partial charge in [0.25, 0.3) is 0 Å². The number of rotatable bonds is 2. The highest BCUT2D eigenvalue weighted by Gasteiger charge is 2.32. The van der Waals surface area contributed by atoms with Crippen molar-refractivity contribution in [3.8, 4) is 0 Å². The summed E-state index contributed by atoms with van der Waals surface area (Å²) in [5.74, 6) is -0.664. The van der Waals surface area contributed by atoms with E-state index in [0.29, 0.717) is 0 Å². The molecule has 21 heavy (non-hydrogen) atoms. The molecule has 0 saturated carbocycles. The van der Waals surface area contributed by atoms with E-state index in [1.165, 1.54) is 6.07 Å². The summed E-state index contributed by atoms with van der Waals surface area (Å²) < 4.78 is 28.3. The zero-order valence-electron chi connectivity index (χ0n) is 10.9. The molecule has 1 aliphatic heterocycles. The molecule has 0 amide bonds. The van der Waals surface area contributed by atoms with Crippen LogP contribution in [-0.4, -0.2) is 12.5 Å². The van der Waals surface area contributed by atoms with Gasteiger partial charge in [-0.15, -0.1) is 0 Å². The molecule has 0 bridgehead atoms. The highest BCUT2D eigenvalue weighted by Crippen LogP contribution is 2.36. The van der Waals surface area contributed by atoms with Crippen LogP contribution in [0.2, 0.25) is 0 Å². The third-order valence-electron chi connectivity index (χ3n) is 3.41. The number of benzene rings is 2. The Balaban J connectivity index is 2.07. The van der Waals surface area contributed by atoms with Crippen molar-refractivity contribution in [1.29, 1.82) is 0 Å². The van der Waals surface area contributed by atoms with Crippen molar-refractivity contribution >= 4 is 27.6 Å². The van der Waals surface area contributed by atoms with Gasteiger partial charge in [0.2, 0.25) is 0 Å². The van der Waals surface area contributed by atoms with E-state index >= 15 is 0 Å². The first-order valence-electron chi connectivity index (χ1n) is 6.36. The number of para-hydroxylation sites is 1. The van der Waals surface area contributed by atoms with E-state index in [1.54, 1.807) is 4.90 Å². The van der Waals surface area contributed by atoms with Gasteiger partial charge in [-0.2, -0.15) is 0 Å². The lowest BCUT2D eigenvalue weighted by Gasteiger charge is -2.27. The van der Waals surface area contributed by atoms with Gasteiger partial charge in [-0.3, -0.25) is 4.99 Å². The van der Waals surface area contributed by atoms with Crippen LogP contribution in [0.1, 0.15) is 11.6 Å². The van der Waals surface area contributed by atoms with Crippen molar-refractivity contribution in [1.82, 2.24) is 0 Å². The molecule has 0 spiro atoms. The Labute approximate surface area is 129 Å². The van der Waals surface area contributed by atoms with Gasteiger partial charge in [-0.25, -0.2) is 8.78 Å². The lowest BCUT2D eigenvalue weighted by Crippen LogP contribution is -2.36. The second kappa shape index (κ2) is 5.44. The second-order valence-corrected chi connectivity index (χ2v) is 5.56. The molecule has 2 N–H and O–H groups in total. The van der Waals surface area contributed by atoms with E-state index in [0.717, 1.165) is 22.3 Å². The second-order valence-electron chi connectivity index (χ2n) is 4.70. The lowest BCUT2D eigenvalue weighted by molar-refractivity contribution is 0.568. The highest BCUT2D eigenvalue weighted by atomic mass is 79.9. The van der Waals surface area contributed by atoms with Crippen LogP contribution < -0.4 is 10.6 Å². The quantitative estimate of drug-likeness (QED) is 0.897. The Morgan fingerprint density at radius 1 is 1.19 bits per heavy atom. The van der Waals surface area contributed by atoms with Crippen LogP contribution in [0, 0.1) is 11.6 Å². The molecule has 108 valence electrons. The Bertz CT molecular complexity index is 718. The zero-order valence-corrected chi connectivity index (χ0v) is 12.5. The Kier molecular flexibility index (Phi) is 3.63. The van der Waals surface area contributed by atoms with Crippen molar-refractivity contribution in [2.24, 2.45) is 10.7 Å². The van der Waals surface area contributed by atoms with Crippen LogP contribution in [0.4, 0.5) is 14.5 Å². The largest absolute Gasteiger partial charge is 0.369 e. The van der Waals surface area contributed by atoms with Crippen molar-refractivity contribution in [2.45, 2.75) is 6.04 Å². The summed E-state index contributed by atoms with van der Waals surface area (Å²) in [5.41, 5.74) is 6.95. The van der Waals surface area contributed by atoms with E-state index in [4.69, 9.17) is 5.73 Å². The summed E-state index contributed by atoms with van der Waals surface area (Å²) in [6, 6.07) is 10.4. The summed E-state index contributed by atoms with van der Waals surface area (Å²) in [5, 5.41) is 0. The van der Waals surface area contributed by atoms with Crippen LogP contribution in [0.5, 0.6) is 0 Å². The van der Waals surface area contributed by atoms with E-state index in [1.807, 2.05) is 24.3 Å². The molecule has 0 aliphatic carbocycles. The molecule has 3 rings (SSSR count). The molecule has 2 aromatic rings. The molecule has 3 nitrogen and oxygen atoms in total. The number of nitrogens with two attached hydrogens (primary N) is 1. The first-order chi connectivity index (χ1) is 10.1. The number of hydrogen-bond acceptors (Lipinski definition) is 3. The van der Waals surface area contributed by atoms with Gasteiger partial charge in [-0.1, -0.05) is 12.1 Å². The number of hydrogen-bond donors (Lipinski definition) is 1. The summed E-state index contributed by atoms with van der Waals surface area (Å²) in [4.78, 5) is 5.88. The molecular weight excluding hydrogens is 340 g/mol. The normalized spacial score (nSPS) is 18.0. The maximum absolute atomic E-state index is 14.0. The predicted octanol–water partition coefficient (Wildman–Crippen LogP) is 3.60. The molecule has 2 aromatic carbocycles. The molecule has 0 radical (unpaired) electrons. The molecule has 1 unspecified atom stereocenters. The average Bonchev–Trinajstić information content (AvgIpc) is 2.84. The monoisotopic (exact) mass is 351 g/mol. The van der Waals surface area contributed by atoms with Gasteiger partial charge in [0.15, 0.2) is 5.96 Å². The van der Waals surface area contributed by atoms with Crippen LogP contribution in [0.15, 0.2) is 51.9 Å². The lowest BCUT2D eigenvalue weighted by atomic mass is 10.0. The van der Waals surface area contributed by atoms with Crippen molar-refractivity contribution in [2.75, 3.05) is 11.4 Å². The van der Waals surface area contributed by atoms with E-state index in [-0.39, 0.29) is 18.1 Å². The first-order valence-corrected chi connectivity index (χ1v) is 7.16. The maximum atomic E-state index is 14.0. The number of guanidine groups is 1. The van der Waals surface area contributed by atoms with Gasteiger partial charge in [0.05, 0.1) is 18.3 Å². The minimum atomic E-state index is -0.482. The Morgan fingerprint density at radius 2 is 1.95 bits per heavy atom. The molecule has 0 aromatic heterocycles. The molecule has 1 atom stereocenters. The van der Waals surface area contributed by atoms with E-state index < -0.39 is 17.7 Å². The SMILES string of the molecule is NC1=NCC(c2cc(F)ccc2F)N1c1ccccc1Br. The molecule has 1 heterocycles.